The molecule has 0 fully saturated rings. The fraction of sp³-hybridized carbons (Fsp3) is 0.836. The molecule has 0 heterocycles. The maximum Gasteiger partial charge on any atom is 0.306 e. The number of hydrogen-bond donors (Lipinski definition) is 0. The third kappa shape index (κ3) is 48.5. The molecule has 0 aromatic heterocycles. The van der Waals surface area contributed by atoms with Gasteiger partial charge in [-0.3, -0.25) is 14.4 Å². The van der Waals surface area contributed by atoms with Crippen molar-refractivity contribution in [3.8, 4) is 0 Å². The summed E-state index contributed by atoms with van der Waals surface area (Å²) in [5, 5.41) is 0. The van der Waals surface area contributed by atoms with Gasteiger partial charge in [-0.1, -0.05) is 224 Å². The van der Waals surface area contributed by atoms with E-state index in [2.05, 4.69) is 57.2 Å². The van der Waals surface area contributed by atoms with Crippen LogP contribution < -0.4 is 0 Å². The van der Waals surface area contributed by atoms with Gasteiger partial charge in [-0.2, -0.15) is 0 Å². The van der Waals surface area contributed by atoms with Crippen molar-refractivity contribution in [2.75, 3.05) is 13.2 Å². The first-order valence-electron chi connectivity index (χ1n) is 26.5. The maximum absolute atomic E-state index is 12.8. The Hall–Kier alpha value is -2.37. The van der Waals surface area contributed by atoms with Crippen LogP contribution in [0.3, 0.4) is 0 Å². The Bertz CT molecular complexity index is 1030. The molecular formula is C55H100O6. The lowest BCUT2D eigenvalue weighted by Crippen LogP contribution is -2.30. The fourth-order valence-corrected chi connectivity index (χ4v) is 7.57. The van der Waals surface area contributed by atoms with Crippen LogP contribution in [0, 0.1) is 0 Å². The molecule has 0 spiro atoms. The molecule has 0 aliphatic heterocycles. The minimum absolute atomic E-state index is 0.0784. The van der Waals surface area contributed by atoms with E-state index in [0.29, 0.717) is 19.3 Å². The average molecular weight is 857 g/mol. The largest absolute Gasteiger partial charge is 0.462 e. The van der Waals surface area contributed by atoms with Gasteiger partial charge < -0.3 is 14.2 Å². The number of rotatable bonds is 48. The minimum Gasteiger partial charge on any atom is -0.462 e. The highest BCUT2D eigenvalue weighted by Gasteiger charge is 2.19. The monoisotopic (exact) mass is 857 g/mol. The normalized spacial score (nSPS) is 12.2. The quantitative estimate of drug-likeness (QED) is 0.0262. The fourth-order valence-electron chi connectivity index (χ4n) is 7.57. The summed E-state index contributed by atoms with van der Waals surface area (Å²) >= 11 is 0. The van der Waals surface area contributed by atoms with Gasteiger partial charge in [0.05, 0.1) is 0 Å². The second kappa shape index (κ2) is 50.3. The Balaban J connectivity index is 4.35. The lowest BCUT2D eigenvalue weighted by molar-refractivity contribution is -0.167. The van der Waals surface area contributed by atoms with E-state index in [1.807, 2.05) is 0 Å². The Morgan fingerprint density at radius 3 is 1.00 bits per heavy atom. The van der Waals surface area contributed by atoms with Gasteiger partial charge in [-0.25, -0.2) is 0 Å². The third-order valence-electron chi connectivity index (χ3n) is 11.6. The highest BCUT2D eigenvalue weighted by atomic mass is 16.6. The summed E-state index contributed by atoms with van der Waals surface area (Å²) in [4.78, 5) is 38.0. The lowest BCUT2D eigenvalue weighted by atomic mass is 10.0. The second-order valence-electron chi connectivity index (χ2n) is 17.8. The van der Waals surface area contributed by atoms with Gasteiger partial charge in [0, 0.05) is 19.3 Å². The highest BCUT2D eigenvalue weighted by molar-refractivity contribution is 5.71. The molecule has 0 rings (SSSR count). The first-order chi connectivity index (χ1) is 30.0. The number of hydrogen-bond acceptors (Lipinski definition) is 6. The van der Waals surface area contributed by atoms with Crippen molar-refractivity contribution in [1.82, 2.24) is 0 Å². The van der Waals surface area contributed by atoms with E-state index in [9.17, 15) is 14.4 Å². The van der Waals surface area contributed by atoms with E-state index in [-0.39, 0.29) is 31.1 Å². The molecule has 6 nitrogen and oxygen atoms in total. The number of carbonyl (C=O) groups is 3. The zero-order valence-corrected chi connectivity index (χ0v) is 40.7. The molecule has 0 saturated carbocycles. The van der Waals surface area contributed by atoms with Gasteiger partial charge in [0.15, 0.2) is 6.10 Å². The molecule has 0 aromatic rings. The second-order valence-corrected chi connectivity index (χ2v) is 17.8. The first-order valence-corrected chi connectivity index (χ1v) is 26.5. The highest BCUT2D eigenvalue weighted by Crippen LogP contribution is 2.16. The summed E-state index contributed by atoms with van der Waals surface area (Å²) in [6.07, 6.45) is 58.4. The molecule has 0 aliphatic carbocycles. The van der Waals surface area contributed by atoms with E-state index in [0.717, 1.165) is 83.5 Å². The topological polar surface area (TPSA) is 78.9 Å². The SMILES string of the molecule is CCCC/C=C\CCCCCCCC(=O)OC[C@@H](COC(=O)CCCCCCC/C=C\C/C=C\CCCCC)OC(=O)CCCCCCCCCCCCCCCCCCC. The zero-order valence-electron chi connectivity index (χ0n) is 40.7. The summed E-state index contributed by atoms with van der Waals surface area (Å²) in [5.41, 5.74) is 0. The molecule has 0 bridgehead atoms. The van der Waals surface area contributed by atoms with Gasteiger partial charge in [0.2, 0.25) is 0 Å². The number of unbranched alkanes of at least 4 members (excludes halogenated alkanes) is 31. The Labute approximate surface area is 378 Å². The molecule has 0 radical (unpaired) electrons. The molecule has 0 saturated heterocycles. The summed E-state index contributed by atoms with van der Waals surface area (Å²) in [7, 11) is 0. The Kier molecular flexibility index (Phi) is 48.3. The summed E-state index contributed by atoms with van der Waals surface area (Å²) in [5.74, 6) is -0.890. The minimum atomic E-state index is -0.777. The number of ether oxygens (including phenoxy) is 3. The van der Waals surface area contributed by atoms with E-state index in [1.54, 1.807) is 0 Å². The molecule has 61 heavy (non-hydrogen) atoms. The Morgan fingerprint density at radius 2 is 0.607 bits per heavy atom. The van der Waals surface area contributed by atoms with Gasteiger partial charge in [-0.15, -0.1) is 0 Å². The van der Waals surface area contributed by atoms with Crippen LogP contribution >= 0.6 is 0 Å². The maximum atomic E-state index is 12.8. The van der Waals surface area contributed by atoms with Gasteiger partial charge in [0.1, 0.15) is 13.2 Å². The lowest BCUT2D eigenvalue weighted by Gasteiger charge is -2.18. The van der Waals surface area contributed by atoms with Crippen molar-refractivity contribution >= 4 is 17.9 Å². The molecule has 0 N–H and O–H groups in total. The number of esters is 3. The first kappa shape index (κ1) is 58.6. The molecule has 0 amide bonds. The Morgan fingerprint density at radius 1 is 0.328 bits per heavy atom. The van der Waals surface area contributed by atoms with Crippen LogP contribution in [0.25, 0.3) is 0 Å². The van der Waals surface area contributed by atoms with E-state index in [1.165, 1.54) is 154 Å². The van der Waals surface area contributed by atoms with Crippen LogP contribution in [0.15, 0.2) is 36.5 Å². The molecule has 356 valence electrons. The van der Waals surface area contributed by atoms with Crippen molar-refractivity contribution in [2.24, 2.45) is 0 Å². The van der Waals surface area contributed by atoms with Crippen LogP contribution in [-0.2, 0) is 28.6 Å². The van der Waals surface area contributed by atoms with E-state index < -0.39 is 6.10 Å². The number of carbonyl (C=O) groups excluding carboxylic acids is 3. The summed E-state index contributed by atoms with van der Waals surface area (Å²) < 4.78 is 16.8. The van der Waals surface area contributed by atoms with Crippen molar-refractivity contribution in [1.29, 1.82) is 0 Å². The van der Waals surface area contributed by atoms with Crippen LogP contribution in [0.4, 0.5) is 0 Å². The van der Waals surface area contributed by atoms with Gasteiger partial charge >= 0.3 is 17.9 Å². The molecule has 0 aromatic carbocycles. The molecule has 6 heteroatoms. The average Bonchev–Trinajstić information content (AvgIpc) is 3.26. The van der Waals surface area contributed by atoms with Gasteiger partial charge in [-0.05, 0) is 70.6 Å². The van der Waals surface area contributed by atoms with Crippen molar-refractivity contribution in [2.45, 2.75) is 284 Å². The van der Waals surface area contributed by atoms with Crippen LogP contribution in [0.1, 0.15) is 278 Å². The summed E-state index contributed by atoms with van der Waals surface area (Å²) in [6.45, 7) is 6.58. The standard InChI is InChI=1S/C55H100O6/c1-4-7-10-13-16-19-22-24-26-27-29-31-34-37-40-43-46-49-55(58)61-52(50-59-53(56)47-44-41-38-35-32-21-18-15-12-9-6-3)51-60-54(57)48-45-42-39-36-33-30-28-25-23-20-17-14-11-8-5-2/h15,17-18,20,25,28,52H,4-14,16,19,21-24,26-27,29-51H2,1-3H3/b18-15-,20-17-,28-25-/t52-/m0/s1. The third-order valence-corrected chi connectivity index (χ3v) is 11.6. The number of allylic oxidation sites excluding steroid dienone is 6. The molecule has 1 atom stereocenters. The summed E-state index contributed by atoms with van der Waals surface area (Å²) in [6, 6.07) is 0. The molecule has 0 unspecified atom stereocenters. The van der Waals surface area contributed by atoms with Gasteiger partial charge in [0.25, 0.3) is 0 Å². The van der Waals surface area contributed by atoms with Crippen LogP contribution in [0.5, 0.6) is 0 Å². The molecule has 0 aliphatic rings. The van der Waals surface area contributed by atoms with Crippen LogP contribution in [-0.4, -0.2) is 37.2 Å². The predicted molar refractivity (Wildman–Crippen MR) is 261 cm³/mol. The predicted octanol–water partition coefficient (Wildman–Crippen LogP) is 17.3. The van der Waals surface area contributed by atoms with E-state index in [4.69, 9.17) is 14.2 Å². The van der Waals surface area contributed by atoms with Crippen molar-refractivity contribution in [3.63, 3.8) is 0 Å². The van der Waals surface area contributed by atoms with Crippen molar-refractivity contribution < 1.29 is 28.6 Å². The van der Waals surface area contributed by atoms with E-state index >= 15 is 0 Å². The van der Waals surface area contributed by atoms with Crippen molar-refractivity contribution in [3.05, 3.63) is 36.5 Å². The molecular weight excluding hydrogens is 757 g/mol. The van der Waals surface area contributed by atoms with Crippen LogP contribution in [0.2, 0.25) is 0 Å². The zero-order chi connectivity index (χ0) is 44.4. The smallest absolute Gasteiger partial charge is 0.306 e.